The van der Waals surface area contributed by atoms with Crippen molar-refractivity contribution in [3.8, 4) is 0 Å². The summed E-state index contributed by atoms with van der Waals surface area (Å²) in [6.07, 6.45) is 8.59. The molecule has 1 heteroatoms. The van der Waals surface area contributed by atoms with Gasteiger partial charge in [0.15, 0.2) is 0 Å². The van der Waals surface area contributed by atoms with Gasteiger partial charge in [0.2, 0.25) is 0 Å². The van der Waals surface area contributed by atoms with E-state index in [4.69, 9.17) is 0 Å². The maximum atomic E-state index is 2.42. The van der Waals surface area contributed by atoms with E-state index in [0.717, 1.165) is 11.8 Å². The smallest absolute Gasteiger partial charge is 0.0790 e. The van der Waals surface area contributed by atoms with Crippen molar-refractivity contribution in [1.82, 2.24) is 0 Å². The van der Waals surface area contributed by atoms with E-state index in [1.807, 2.05) is 0 Å². The van der Waals surface area contributed by atoms with Gasteiger partial charge in [0.05, 0.1) is 26.7 Å². The summed E-state index contributed by atoms with van der Waals surface area (Å²) in [5, 5.41) is 0. The van der Waals surface area contributed by atoms with Crippen LogP contribution in [0.3, 0.4) is 0 Å². The molecule has 0 heterocycles. The van der Waals surface area contributed by atoms with E-state index in [1.165, 1.54) is 62.6 Å². The summed E-state index contributed by atoms with van der Waals surface area (Å²) >= 11 is 0. The summed E-state index contributed by atoms with van der Waals surface area (Å²) < 4.78 is 1.22. The quantitative estimate of drug-likeness (QED) is 0.603. The molecule has 1 aliphatic carbocycles. The lowest BCUT2D eigenvalue weighted by atomic mass is 9.75. The Labute approximate surface area is 132 Å². The molecule has 1 aromatic carbocycles. The van der Waals surface area contributed by atoms with Gasteiger partial charge < -0.3 is 4.48 Å². The highest BCUT2D eigenvalue weighted by Crippen LogP contribution is 2.38. The lowest BCUT2D eigenvalue weighted by Crippen LogP contribution is -2.45. The average Bonchev–Trinajstić information content (AvgIpc) is 2.57. The summed E-state index contributed by atoms with van der Waals surface area (Å²) in [7, 11) is 2.42. The largest absolute Gasteiger partial charge is 0.326 e. The van der Waals surface area contributed by atoms with Crippen molar-refractivity contribution in [3.63, 3.8) is 0 Å². The monoisotopic (exact) mass is 288 g/mol. The fourth-order valence-corrected chi connectivity index (χ4v) is 3.90. The first-order valence-corrected chi connectivity index (χ1v) is 9.07. The molecule has 0 N–H and O–H groups in total. The summed E-state index contributed by atoms with van der Waals surface area (Å²) in [6, 6.07) is 11.3. The Hall–Kier alpha value is -0.820. The third kappa shape index (κ3) is 4.57. The normalized spacial score (nSPS) is 18.6. The number of quaternary nitrogens is 1. The number of rotatable bonds is 7. The second kappa shape index (κ2) is 7.98. The van der Waals surface area contributed by atoms with Crippen LogP contribution >= 0.6 is 0 Å². The fraction of sp³-hybridized carbons (Fsp3) is 0.700. The standard InChI is InChI=1S/C20H34N/c1-4-21(3,5-2)17-16-20(18-12-8-6-9-13-18)19-14-10-7-11-15-19/h6,8-9,12-13,19-20H,4-5,7,10-11,14-17H2,1-3H3/q+1/t20-/m1/s1. The predicted octanol–water partition coefficient (Wildman–Crippen LogP) is 5.23. The molecule has 1 aliphatic rings. The Morgan fingerprint density at radius 2 is 1.62 bits per heavy atom. The van der Waals surface area contributed by atoms with Crippen LogP contribution in [0.15, 0.2) is 30.3 Å². The number of hydrogen-bond acceptors (Lipinski definition) is 0. The highest BCUT2D eigenvalue weighted by molar-refractivity contribution is 5.20. The van der Waals surface area contributed by atoms with Crippen LogP contribution in [0.4, 0.5) is 0 Å². The van der Waals surface area contributed by atoms with Crippen molar-refractivity contribution in [2.24, 2.45) is 5.92 Å². The number of hydrogen-bond donors (Lipinski definition) is 0. The zero-order valence-corrected chi connectivity index (χ0v) is 14.4. The minimum absolute atomic E-state index is 0.780. The van der Waals surface area contributed by atoms with E-state index < -0.39 is 0 Å². The van der Waals surface area contributed by atoms with Gasteiger partial charge in [-0.2, -0.15) is 0 Å². The van der Waals surface area contributed by atoms with Crippen molar-refractivity contribution in [1.29, 1.82) is 0 Å². The zero-order chi connectivity index (χ0) is 15.1. The molecule has 0 amide bonds. The molecule has 1 fully saturated rings. The molecule has 0 aromatic heterocycles. The Morgan fingerprint density at radius 1 is 1.00 bits per heavy atom. The van der Waals surface area contributed by atoms with Gasteiger partial charge in [-0.1, -0.05) is 49.6 Å². The van der Waals surface area contributed by atoms with E-state index >= 15 is 0 Å². The first kappa shape index (κ1) is 16.5. The van der Waals surface area contributed by atoms with Crippen molar-refractivity contribution < 1.29 is 4.48 Å². The minimum atomic E-state index is 0.780. The molecule has 0 bridgehead atoms. The fourth-order valence-electron chi connectivity index (χ4n) is 3.90. The summed E-state index contributed by atoms with van der Waals surface area (Å²) in [6.45, 7) is 8.50. The van der Waals surface area contributed by atoms with Gasteiger partial charge in [-0.15, -0.1) is 0 Å². The molecule has 1 atom stereocenters. The van der Waals surface area contributed by atoms with Crippen molar-refractivity contribution in [2.75, 3.05) is 26.7 Å². The third-order valence-corrected chi connectivity index (χ3v) is 5.95. The van der Waals surface area contributed by atoms with Crippen molar-refractivity contribution in [3.05, 3.63) is 35.9 Å². The molecular weight excluding hydrogens is 254 g/mol. The van der Waals surface area contributed by atoms with Crippen LogP contribution in [0.5, 0.6) is 0 Å². The van der Waals surface area contributed by atoms with Gasteiger partial charge in [-0.3, -0.25) is 0 Å². The van der Waals surface area contributed by atoms with E-state index in [2.05, 4.69) is 51.2 Å². The lowest BCUT2D eigenvalue weighted by Gasteiger charge is -2.36. The van der Waals surface area contributed by atoms with Crippen LogP contribution in [0.2, 0.25) is 0 Å². The van der Waals surface area contributed by atoms with E-state index in [9.17, 15) is 0 Å². The van der Waals surface area contributed by atoms with E-state index in [1.54, 1.807) is 5.56 Å². The van der Waals surface area contributed by atoms with Crippen LogP contribution in [0, 0.1) is 5.92 Å². The van der Waals surface area contributed by atoms with Gasteiger partial charge in [0, 0.05) is 6.42 Å². The van der Waals surface area contributed by atoms with Crippen molar-refractivity contribution in [2.45, 2.75) is 58.3 Å². The molecule has 0 radical (unpaired) electrons. The first-order chi connectivity index (χ1) is 10.2. The molecule has 118 valence electrons. The second-order valence-corrected chi connectivity index (χ2v) is 7.18. The molecule has 0 unspecified atom stereocenters. The molecule has 1 nitrogen and oxygen atoms in total. The summed E-state index contributed by atoms with van der Waals surface area (Å²) in [5.74, 6) is 1.70. The third-order valence-electron chi connectivity index (χ3n) is 5.95. The van der Waals surface area contributed by atoms with E-state index in [0.29, 0.717) is 0 Å². The Bertz CT molecular complexity index is 388. The number of benzene rings is 1. The Kier molecular flexibility index (Phi) is 6.29. The van der Waals surface area contributed by atoms with Gasteiger partial charge in [-0.05, 0) is 44.1 Å². The van der Waals surface area contributed by atoms with Crippen molar-refractivity contribution >= 4 is 0 Å². The van der Waals surface area contributed by atoms with E-state index in [-0.39, 0.29) is 0 Å². The molecule has 0 spiro atoms. The average molecular weight is 288 g/mol. The lowest BCUT2D eigenvalue weighted by molar-refractivity contribution is -0.906. The zero-order valence-electron chi connectivity index (χ0n) is 14.4. The summed E-state index contributed by atoms with van der Waals surface area (Å²) in [4.78, 5) is 0. The van der Waals surface area contributed by atoms with Gasteiger partial charge in [-0.25, -0.2) is 0 Å². The van der Waals surface area contributed by atoms with Gasteiger partial charge >= 0.3 is 0 Å². The van der Waals surface area contributed by atoms with Crippen LogP contribution in [0.1, 0.15) is 63.9 Å². The predicted molar refractivity (Wildman–Crippen MR) is 92.5 cm³/mol. The van der Waals surface area contributed by atoms with Crippen LogP contribution in [0.25, 0.3) is 0 Å². The molecule has 1 saturated carbocycles. The highest BCUT2D eigenvalue weighted by Gasteiger charge is 2.27. The van der Waals surface area contributed by atoms with Crippen LogP contribution < -0.4 is 0 Å². The Morgan fingerprint density at radius 3 is 2.19 bits per heavy atom. The number of nitrogens with zero attached hydrogens (tertiary/aromatic N) is 1. The molecule has 1 aromatic rings. The molecule has 0 aliphatic heterocycles. The van der Waals surface area contributed by atoms with Crippen LogP contribution in [-0.2, 0) is 0 Å². The van der Waals surface area contributed by atoms with Gasteiger partial charge in [0.25, 0.3) is 0 Å². The molecule has 0 saturated heterocycles. The maximum absolute atomic E-state index is 2.42. The van der Waals surface area contributed by atoms with Crippen LogP contribution in [-0.4, -0.2) is 31.2 Å². The highest BCUT2D eigenvalue weighted by atomic mass is 15.3. The molecular formula is C20H34N+. The SMILES string of the molecule is CC[N+](C)(CC)CC[C@H](c1ccccc1)C1CCCCC1. The van der Waals surface area contributed by atoms with Gasteiger partial charge in [0.1, 0.15) is 0 Å². The maximum Gasteiger partial charge on any atom is 0.0790 e. The molecule has 2 rings (SSSR count). The summed E-state index contributed by atoms with van der Waals surface area (Å²) in [5.41, 5.74) is 1.59. The Balaban J connectivity index is 2.08. The second-order valence-electron chi connectivity index (χ2n) is 7.18. The molecule has 21 heavy (non-hydrogen) atoms. The minimum Gasteiger partial charge on any atom is -0.326 e. The topological polar surface area (TPSA) is 0 Å². The first-order valence-electron chi connectivity index (χ1n) is 9.07.